The van der Waals surface area contributed by atoms with Crippen molar-refractivity contribution in [2.45, 2.75) is 0 Å². The Bertz CT molecular complexity index is 826. The SMILES string of the molecule is C=CC(=O)OCC(CO)(CO)C(C=CC(=O)O)(C=CC(=O)O)C(C=CC(=O)O)C=CC(=O)O. The molecule has 0 fully saturated rings. The quantitative estimate of drug-likeness (QED) is 0.137. The van der Waals surface area contributed by atoms with E-state index in [1.54, 1.807) is 0 Å². The van der Waals surface area contributed by atoms with Crippen LogP contribution in [-0.4, -0.2) is 80.3 Å². The Morgan fingerprint density at radius 1 is 0.758 bits per heavy atom. The first-order valence-electron chi connectivity index (χ1n) is 9.07. The Labute approximate surface area is 187 Å². The average molecular weight is 468 g/mol. The fourth-order valence-corrected chi connectivity index (χ4v) is 2.97. The van der Waals surface area contributed by atoms with Crippen molar-refractivity contribution in [2.75, 3.05) is 19.8 Å². The minimum atomic E-state index is -2.13. The number of hydrogen-bond donors (Lipinski definition) is 6. The maximum absolute atomic E-state index is 11.6. The Kier molecular flexibility index (Phi) is 11.8. The molecule has 0 bridgehead atoms. The lowest BCUT2D eigenvalue weighted by atomic mass is 9.57. The summed E-state index contributed by atoms with van der Waals surface area (Å²) in [5.41, 5.74) is -4.20. The van der Waals surface area contributed by atoms with Crippen molar-refractivity contribution in [1.82, 2.24) is 0 Å². The molecule has 0 aromatic heterocycles. The number of esters is 1. The second-order valence-electron chi connectivity index (χ2n) is 6.61. The number of rotatable bonds is 15. The van der Waals surface area contributed by atoms with E-state index in [0.717, 1.165) is 30.4 Å². The van der Waals surface area contributed by atoms with Crippen molar-refractivity contribution < 1.29 is 59.3 Å². The minimum absolute atomic E-state index is 0.526. The van der Waals surface area contributed by atoms with Gasteiger partial charge in [-0.25, -0.2) is 24.0 Å². The highest BCUT2D eigenvalue weighted by Gasteiger charge is 2.52. The summed E-state index contributed by atoms with van der Waals surface area (Å²) in [4.78, 5) is 56.4. The highest BCUT2D eigenvalue weighted by atomic mass is 16.5. The first kappa shape index (κ1) is 29.0. The lowest BCUT2D eigenvalue weighted by Gasteiger charge is -2.48. The molecule has 0 radical (unpaired) electrons. The summed E-state index contributed by atoms with van der Waals surface area (Å²) in [6.07, 6.45) is 6.43. The molecule has 0 amide bonds. The van der Waals surface area contributed by atoms with E-state index in [9.17, 15) is 34.2 Å². The van der Waals surface area contributed by atoms with Gasteiger partial charge in [-0.05, 0) is 0 Å². The largest absolute Gasteiger partial charge is 0.478 e. The number of aliphatic hydroxyl groups excluding tert-OH is 2. The van der Waals surface area contributed by atoms with Gasteiger partial charge in [0.05, 0.1) is 18.6 Å². The number of ether oxygens (including phenoxy) is 1. The predicted octanol–water partition coefficient (Wildman–Crippen LogP) is -0.148. The number of aliphatic hydroxyl groups is 2. The molecule has 12 heteroatoms. The van der Waals surface area contributed by atoms with E-state index in [4.69, 9.17) is 25.2 Å². The molecule has 12 nitrogen and oxygen atoms in total. The van der Waals surface area contributed by atoms with Gasteiger partial charge in [-0.1, -0.05) is 30.9 Å². The summed E-state index contributed by atoms with van der Waals surface area (Å²) in [5, 5.41) is 56.8. The molecule has 33 heavy (non-hydrogen) atoms. The van der Waals surface area contributed by atoms with Crippen LogP contribution in [0, 0.1) is 16.7 Å². The Hall–Kier alpha value is -4.03. The predicted molar refractivity (Wildman–Crippen MR) is 111 cm³/mol. The van der Waals surface area contributed by atoms with Crippen molar-refractivity contribution in [3.05, 3.63) is 61.3 Å². The van der Waals surface area contributed by atoms with E-state index in [0.29, 0.717) is 24.3 Å². The smallest absolute Gasteiger partial charge is 0.330 e. The van der Waals surface area contributed by atoms with Gasteiger partial charge in [0.2, 0.25) is 0 Å². The van der Waals surface area contributed by atoms with Crippen LogP contribution in [0.4, 0.5) is 0 Å². The van der Waals surface area contributed by atoms with Gasteiger partial charge in [0, 0.05) is 41.7 Å². The highest BCUT2D eigenvalue weighted by Crippen LogP contribution is 2.49. The van der Waals surface area contributed by atoms with Crippen molar-refractivity contribution in [2.24, 2.45) is 16.7 Å². The van der Waals surface area contributed by atoms with Crippen LogP contribution in [0.2, 0.25) is 0 Å². The Morgan fingerprint density at radius 2 is 1.15 bits per heavy atom. The van der Waals surface area contributed by atoms with Crippen molar-refractivity contribution in [3.8, 4) is 0 Å². The maximum atomic E-state index is 11.6. The fourth-order valence-electron chi connectivity index (χ4n) is 2.97. The molecule has 0 spiro atoms. The van der Waals surface area contributed by atoms with Crippen LogP contribution in [0.1, 0.15) is 0 Å². The average Bonchev–Trinajstić information content (AvgIpc) is 2.75. The molecule has 180 valence electrons. The number of hydrogen-bond acceptors (Lipinski definition) is 8. The summed E-state index contributed by atoms with van der Waals surface area (Å²) in [7, 11) is 0. The molecule has 0 aromatic rings. The maximum Gasteiger partial charge on any atom is 0.330 e. The summed E-state index contributed by atoms with van der Waals surface area (Å²) in [5.74, 6) is -8.54. The summed E-state index contributed by atoms with van der Waals surface area (Å²) >= 11 is 0. The molecule has 0 saturated carbocycles. The zero-order valence-electron chi connectivity index (χ0n) is 17.2. The number of aliphatic carboxylic acids is 4. The van der Waals surface area contributed by atoms with Crippen LogP contribution in [0.5, 0.6) is 0 Å². The van der Waals surface area contributed by atoms with E-state index < -0.39 is 66.4 Å². The van der Waals surface area contributed by atoms with Gasteiger partial charge < -0.3 is 35.4 Å². The Balaban J connectivity index is 7.44. The van der Waals surface area contributed by atoms with Crippen molar-refractivity contribution in [1.29, 1.82) is 0 Å². The summed E-state index contributed by atoms with van der Waals surface area (Å²) in [6, 6.07) is 0. The molecule has 6 N–H and O–H groups in total. The summed E-state index contributed by atoms with van der Waals surface area (Å²) < 4.78 is 4.94. The zero-order chi connectivity index (χ0) is 25.7. The van der Waals surface area contributed by atoms with Crippen LogP contribution in [-0.2, 0) is 28.7 Å². The third-order valence-electron chi connectivity index (χ3n) is 4.63. The molecule has 0 aliphatic rings. The molecule has 0 aliphatic heterocycles. The number of carbonyl (C=O) groups is 5. The van der Waals surface area contributed by atoms with Crippen LogP contribution in [0.25, 0.3) is 0 Å². The number of carboxylic acids is 4. The topological polar surface area (TPSA) is 216 Å². The van der Waals surface area contributed by atoms with E-state index in [1.165, 1.54) is 0 Å². The van der Waals surface area contributed by atoms with Crippen LogP contribution >= 0.6 is 0 Å². The second kappa shape index (κ2) is 13.4. The second-order valence-corrected chi connectivity index (χ2v) is 6.61. The molecule has 0 heterocycles. The van der Waals surface area contributed by atoms with E-state index in [1.807, 2.05) is 0 Å². The van der Waals surface area contributed by atoms with Crippen LogP contribution in [0.3, 0.4) is 0 Å². The molecule has 0 unspecified atom stereocenters. The van der Waals surface area contributed by atoms with Gasteiger partial charge in [0.1, 0.15) is 6.61 Å². The van der Waals surface area contributed by atoms with E-state index in [2.05, 4.69) is 6.58 Å². The van der Waals surface area contributed by atoms with Gasteiger partial charge in [0.25, 0.3) is 0 Å². The fraction of sp³-hybridized carbons (Fsp3) is 0.286. The zero-order valence-corrected chi connectivity index (χ0v) is 17.2. The van der Waals surface area contributed by atoms with Crippen molar-refractivity contribution in [3.63, 3.8) is 0 Å². The molecular formula is C21H24O12. The highest BCUT2D eigenvalue weighted by molar-refractivity contribution is 5.83. The molecule has 0 saturated heterocycles. The molecular weight excluding hydrogens is 444 g/mol. The monoisotopic (exact) mass is 468 g/mol. The van der Waals surface area contributed by atoms with E-state index in [-0.39, 0.29) is 0 Å². The van der Waals surface area contributed by atoms with Gasteiger partial charge >= 0.3 is 29.8 Å². The third-order valence-corrected chi connectivity index (χ3v) is 4.63. The molecule has 0 atom stereocenters. The number of allylic oxidation sites excluding steroid dienone is 4. The number of carbonyl (C=O) groups excluding carboxylic acids is 1. The first-order valence-corrected chi connectivity index (χ1v) is 9.07. The number of carboxylic acid groups (broad SMARTS) is 4. The van der Waals surface area contributed by atoms with E-state index >= 15 is 0 Å². The lowest BCUT2D eigenvalue weighted by molar-refractivity contribution is -0.149. The Morgan fingerprint density at radius 3 is 1.45 bits per heavy atom. The standard InChI is InChI=1S/C21H24O12/c1-2-19(32)33-13-20(11-22,12-23)21(9-7-17(28)29,10-8-18(30)31)14(3-5-15(24)25)4-6-16(26)27/h2-10,14,22-23H,1,11-13H2,(H,24,25)(H,26,27)(H,28,29)(H,30,31). The van der Waals surface area contributed by atoms with Crippen molar-refractivity contribution >= 4 is 29.8 Å². The first-order chi connectivity index (χ1) is 15.4. The normalized spacial score (nSPS) is 15.0. The molecule has 0 aromatic carbocycles. The van der Waals surface area contributed by atoms with Gasteiger partial charge in [0.15, 0.2) is 0 Å². The molecule has 0 rings (SSSR count). The lowest BCUT2D eigenvalue weighted by Crippen LogP contribution is -2.52. The van der Waals surface area contributed by atoms with Gasteiger partial charge in [-0.2, -0.15) is 0 Å². The summed E-state index contributed by atoms with van der Waals surface area (Å²) in [6.45, 7) is 0.286. The van der Waals surface area contributed by atoms with Gasteiger partial charge in [-0.3, -0.25) is 0 Å². The van der Waals surface area contributed by atoms with Crippen LogP contribution < -0.4 is 0 Å². The van der Waals surface area contributed by atoms with Crippen LogP contribution in [0.15, 0.2) is 61.3 Å². The van der Waals surface area contributed by atoms with Gasteiger partial charge in [-0.15, -0.1) is 0 Å². The molecule has 0 aliphatic carbocycles. The minimum Gasteiger partial charge on any atom is -0.478 e. The third kappa shape index (κ3) is 8.55.